The quantitative estimate of drug-likeness (QED) is 0.587. The van der Waals surface area contributed by atoms with Gasteiger partial charge in [0.15, 0.2) is 5.78 Å². The van der Waals surface area contributed by atoms with Gasteiger partial charge in [-0.3, -0.25) is 4.79 Å². The Bertz CT molecular complexity index is 355. The van der Waals surface area contributed by atoms with Gasteiger partial charge in [-0.05, 0) is 34.8 Å². The van der Waals surface area contributed by atoms with E-state index in [9.17, 15) is 4.79 Å². The highest BCUT2D eigenvalue weighted by Crippen LogP contribution is 2.22. The summed E-state index contributed by atoms with van der Waals surface area (Å²) >= 11 is 3.43. The summed E-state index contributed by atoms with van der Waals surface area (Å²) in [6, 6.07) is 5.73. The average Bonchev–Trinajstić information content (AvgIpc) is 2.18. The minimum atomic E-state index is 0.167. The Labute approximate surface area is 93.0 Å². The number of hydrogen-bond acceptors (Lipinski definition) is 1. The van der Waals surface area contributed by atoms with Crippen molar-refractivity contribution in [3.8, 4) is 0 Å². The molecule has 0 radical (unpaired) electrons. The van der Waals surface area contributed by atoms with Crippen molar-refractivity contribution in [3.63, 3.8) is 0 Å². The number of benzene rings is 1. The summed E-state index contributed by atoms with van der Waals surface area (Å²) in [6.45, 7) is 5.58. The third kappa shape index (κ3) is 2.55. The summed E-state index contributed by atoms with van der Waals surface area (Å²) in [5, 5.41) is 0. The molecule has 0 amide bonds. The van der Waals surface area contributed by atoms with Crippen LogP contribution in [0, 0.1) is 6.92 Å². The van der Waals surface area contributed by atoms with Crippen LogP contribution in [-0.4, -0.2) is 5.78 Å². The van der Waals surface area contributed by atoms with Gasteiger partial charge in [-0.1, -0.05) is 24.3 Å². The SMILES string of the molecule is C=CCCC(=O)c1cccc(C)c1Br. The predicted octanol–water partition coefficient (Wildman–Crippen LogP) is 3.91. The first kappa shape index (κ1) is 11.2. The number of ketones is 1. The summed E-state index contributed by atoms with van der Waals surface area (Å²) in [6.07, 6.45) is 3.03. The maximum Gasteiger partial charge on any atom is 0.164 e. The van der Waals surface area contributed by atoms with Gasteiger partial charge in [-0.15, -0.1) is 6.58 Å². The van der Waals surface area contributed by atoms with Crippen molar-refractivity contribution < 1.29 is 4.79 Å². The normalized spacial score (nSPS) is 9.86. The van der Waals surface area contributed by atoms with Crippen LogP contribution in [-0.2, 0) is 0 Å². The molecule has 14 heavy (non-hydrogen) atoms. The molecule has 0 aliphatic heterocycles. The minimum Gasteiger partial charge on any atom is -0.294 e. The van der Waals surface area contributed by atoms with E-state index < -0.39 is 0 Å². The predicted molar refractivity (Wildman–Crippen MR) is 62.6 cm³/mol. The van der Waals surface area contributed by atoms with E-state index >= 15 is 0 Å². The Balaban J connectivity index is 2.89. The Kier molecular flexibility index (Phi) is 4.08. The molecule has 0 atom stereocenters. The molecule has 0 fully saturated rings. The number of halogens is 1. The van der Waals surface area contributed by atoms with E-state index in [1.165, 1.54) is 0 Å². The molecule has 0 bridgehead atoms. The fourth-order valence-corrected chi connectivity index (χ4v) is 1.72. The summed E-state index contributed by atoms with van der Waals surface area (Å²) in [5.74, 6) is 0.167. The Morgan fingerprint density at radius 2 is 2.29 bits per heavy atom. The molecule has 0 aliphatic carbocycles. The molecule has 0 saturated carbocycles. The smallest absolute Gasteiger partial charge is 0.164 e. The van der Waals surface area contributed by atoms with Gasteiger partial charge in [0, 0.05) is 16.5 Å². The van der Waals surface area contributed by atoms with Crippen LogP contribution in [0.4, 0.5) is 0 Å². The lowest BCUT2D eigenvalue weighted by atomic mass is 10.0. The zero-order chi connectivity index (χ0) is 10.6. The van der Waals surface area contributed by atoms with Gasteiger partial charge in [0.2, 0.25) is 0 Å². The topological polar surface area (TPSA) is 17.1 Å². The van der Waals surface area contributed by atoms with Crippen LogP contribution >= 0.6 is 15.9 Å². The highest BCUT2D eigenvalue weighted by molar-refractivity contribution is 9.10. The number of Topliss-reactive ketones (excluding diaryl/α,β-unsaturated/α-hetero) is 1. The number of carbonyl (C=O) groups excluding carboxylic acids is 1. The molecular weight excluding hydrogens is 240 g/mol. The lowest BCUT2D eigenvalue weighted by Crippen LogP contribution is -2.00. The van der Waals surface area contributed by atoms with Gasteiger partial charge in [-0.25, -0.2) is 0 Å². The van der Waals surface area contributed by atoms with Crippen molar-refractivity contribution in [3.05, 3.63) is 46.5 Å². The van der Waals surface area contributed by atoms with Crippen molar-refractivity contribution >= 4 is 21.7 Å². The summed E-state index contributed by atoms with van der Waals surface area (Å²) in [7, 11) is 0. The summed E-state index contributed by atoms with van der Waals surface area (Å²) < 4.78 is 0.911. The van der Waals surface area contributed by atoms with E-state index in [4.69, 9.17) is 0 Å². The molecule has 0 aliphatic rings. The van der Waals surface area contributed by atoms with Crippen molar-refractivity contribution in [1.82, 2.24) is 0 Å². The molecule has 1 rings (SSSR count). The van der Waals surface area contributed by atoms with Crippen molar-refractivity contribution in [1.29, 1.82) is 0 Å². The number of allylic oxidation sites excluding steroid dienone is 1. The average molecular weight is 253 g/mol. The fourth-order valence-electron chi connectivity index (χ4n) is 1.23. The molecule has 0 N–H and O–H groups in total. The van der Waals surface area contributed by atoms with E-state index in [0.717, 1.165) is 22.0 Å². The van der Waals surface area contributed by atoms with Gasteiger partial charge >= 0.3 is 0 Å². The standard InChI is InChI=1S/C12H13BrO/c1-3-4-8-11(14)10-7-5-6-9(2)12(10)13/h3,5-7H,1,4,8H2,2H3. The number of rotatable bonds is 4. The van der Waals surface area contributed by atoms with Crippen molar-refractivity contribution in [2.75, 3.05) is 0 Å². The highest BCUT2D eigenvalue weighted by Gasteiger charge is 2.09. The molecule has 1 aromatic carbocycles. The molecule has 2 heteroatoms. The zero-order valence-electron chi connectivity index (χ0n) is 8.22. The lowest BCUT2D eigenvalue weighted by molar-refractivity contribution is 0.0983. The Morgan fingerprint density at radius 3 is 2.93 bits per heavy atom. The molecule has 1 nitrogen and oxygen atoms in total. The van der Waals surface area contributed by atoms with Gasteiger partial charge in [-0.2, -0.15) is 0 Å². The second kappa shape index (κ2) is 5.11. The van der Waals surface area contributed by atoms with E-state index in [1.54, 1.807) is 6.08 Å². The van der Waals surface area contributed by atoms with Crippen LogP contribution in [0.1, 0.15) is 28.8 Å². The second-order valence-corrected chi connectivity index (χ2v) is 3.98. The third-order valence-electron chi connectivity index (χ3n) is 2.07. The maximum absolute atomic E-state index is 11.7. The van der Waals surface area contributed by atoms with Gasteiger partial charge in [0.05, 0.1) is 0 Å². The summed E-state index contributed by atoms with van der Waals surface area (Å²) in [5.41, 5.74) is 1.86. The Morgan fingerprint density at radius 1 is 1.57 bits per heavy atom. The van der Waals surface area contributed by atoms with Crippen LogP contribution in [0.15, 0.2) is 35.3 Å². The van der Waals surface area contributed by atoms with Crippen LogP contribution in [0.5, 0.6) is 0 Å². The van der Waals surface area contributed by atoms with Crippen LogP contribution < -0.4 is 0 Å². The highest BCUT2D eigenvalue weighted by atomic mass is 79.9. The van der Waals surface area contributed by atoms with E-state index in [-0.39, 0.29) is 5.78 Å². The van der Waals surface area contributed by atoms with Crippen LogP contribution in [0.3, 0.4) is 0 Å². The number of aryl methyl sites for hydroxylation is 1. The monoisotopic (exact) mass is 252 g/mol. The molecule has 0 aromatic heterocycles. The fraction of sp³-hybridized carbons (Fsp3) is 0.250. The summed E-state index contributed by atoms with van der Waals surface area (Å²) in [4.78, 5) is 11.7. The first-order valence-corrected chi connectivity index (χ1v) is 5.35. The minimum absolute atomic E-state index is 0.167. The third-order valence-corrected chi connectivity index (χ3v) is 3.12. The molecule has 0 heterocycles. The Hall–Kier alpha value is -0.890. The first-order chi connectivity index (χ1) is 6.66. The van der Waals surface area contributed by atoms with Crippen LogP contribution in [0.25, 0.3) is 0 Å². The largest absolute Gasteiger partial charge is 0.294 e. The molecule has 0 spiro atoms. The van der Waals surface area contributed by atoms with Crippen molar-refractivity contribution in [2.45, 2.75) is 19.8 Å². The number of hydrogen-bond donors (Lipinski definition) is 0. The second-order valence-electron chi connectivity index (χ2n) is 3.19. The molecule has 0 unspecified atom stereocenters. The van der Waals surface area contributed by atoms with E-state index in [1.807, 2.05) is 25.1 Å². The maximum atomic E-state index is 11.7. The molecule has 74 valence electrons. The molecular formula is C12H13BrO. The van der Waals surface area contributed by atoms with Crippen LogP contribution in [0.2, 0.25) is 0 Å². The van der Waals surface area contributed by atoms with Gasteiger partial charge in [0.1, 0.15) is 0 Å². The lowest BCUT2D eigenvalue weighted by Gasteiger charge is -2.04. The number of carbonyl (C=O) groups is 1. The molecule has 1 aromatic rings. The van der Waals surface area contributed by atoms with E-state index in [0.29, 0.717) is 6.42 Å². The van der Waals surface area contributed by atoms with E-state index in [2.05, 4.69) is 22.5 Å². The first-order valence-electron chi connectivity index (χ1n) is 4.56. The van der Waals surface area contributed by atoms with Gasteiger partial charge < -0.3 is 0 Å². The van der Waals surface area contributed by atoms with Crippen molar-refractivity contribution in [2.24, 2.45) is 0 Å². The zero-order valence-corrected chi connectivity index (χ0v) is 9.80. The van der Waals surface area contributed by atoms with Gasteiger partial charge in [0.25, 0.3) is 0 Å². The molecule has 0 saturated heterocycles.